The first-order chi connectivity index (χ1) is 8.67. The topological polar surface area (TPSA) is 56.5 Å². The molecular formula is C11H12ClN3O2S. The summed E-state index contributed by atoms with van der Waals surface area (Å²) >= 11 is 7.54. The number of aromatic nitrogens is 3. The smallest absolute Gasteiger partial charge is 0.358 e. The molecule has 5 nitrogen and oxygen atoms in total. The summed E-state index contributed by atoms with van der Waals surface area (Å²) in [6.45, 7) is 4.09. The molecule has 18 heavy (non-hydrogen) atoms. The Balaban J connectivity index is 2.55. The molecule has 2 heterocycles. The predicted octanol–water partition coefficient (Wildman–Crippen LogP) is 2.67. The number of imidazole rings is 1. The van der Waals surface area contributed by atoms with E-state index in [1.54, 1.807) is 24.8 Å². The van der Waals surface area contributed by atoms with Gasteiger partial charge in [0.05, 0.1) is 17.7 Å². The summed E-state index contributed by atoms with van der Waals surface area (Å²) < 4.78 is 6.37. The van der Waals surface area contributed by atoms with Crippen LogP contribution in [0.2, 0.25) is 5.15 Å². The van der Waals surface area contributed by atoms with E-state index in [2.05, 4.69) is 10.1 Å². The van der Waals surface area contributed by atoms with Gasteiger partial charge in [-0.15, -0.1) is 11.8 Å². The third-order valence-electron chi connectivity index (χ3n) is 2.19. The standard InChI is InChI=1S/C11H12ClN3O2S/c1-3-17-11(16)7-6-13-10-8(18-4-2)5-9(12)14-15(7)10/h5-6H,3-4H2,1-2H3. The molecule has 96 valence electrons. The minimum Gasteiger partial charge on any atom is -0.461 e. The monoisotopic (exact) mass is 285 g/mol. The molecule has 0 fully saturated rings. The van der Waals surface area contributed by atoms with Crippen LogP contribution in [0.1, 0.15) is 24.3 Å². The molecule has 7 heteroatoms. The van der Waals surface area contributed by atoms with Crippen LogP contribution in [0.3, 0.4) is 0 Å². The highest BCUT2D eigenvalue weighted by atomic mass is 35.5. The van der Waals surface area contributed by atoms with Crippen LogP contribution in [0.4, 0.5) is 0 Å². The Morgan fingerprint density at radius 2 is 2.33 bits per heavy atom. The van der Waals surface area contributed by atoms with Crippen molar-refractivity contribution in [2.24, 2.45) is 0 Å². The summed E-state index contributed by atoms with van der Waals surface area (Å²) in [6.07, 6.45) is 1.45. The van der Waals surface area contributed by atoms with E-state index < -0.39 is 5.97 Å². The molecule has 0 aromatic carbocycles. The van der Waals surface area contributed by atoms with Crippen LogP contribution < -0.4 is 0 Å². The molecule has 0 aliphatic heterocycles. The molecule has 0 saturated heterocycles. The van der Waals surface area contributed by atoms with E-state index in [4.69, 9.17) is 16.3 Å². The van der Waals surface area contributed by atoms with E-state index in [9.17, 15) is 4.79 Å². The Kier molecular flexibility index (Phi) is 4.08. The van der Waals surface area contributed by atoms with E-state index in [0.29, 0.717) is 17.4 Å². The lowest BCUT2D eigenvalue weighted by Crippen LogP contribution is -2.09. The van der Waals surface area contributed by atoms with Gasteiger partial charge in [-0.25, -0.2) is 14.3 Å². The average Bonchev–Trinajstić information content (AvgIpc) is 2.73. The number of nitrogens with zero attached hydrogens (tertiary/aromatic N) is 3. The summed E-state index contributed by atoms with van der Waals surface area (Å²) in [5.41, 5.74) is 0.904. The minimum absolute atomic E-state index is 0.285. The molecule has 0 unspecified atom stereocenters. The fourth-order valence-electron chi connectivity index (χ4n) is 1.52. The zero-order valence-corrected chi connectivity index (χ0v) is 11.6. The number of rotatable bonds is 4. The van der Waals surface area contributed by atoms with Gasteiger partial charge in [0.15, 0.2) is 16.5 Å². The van der Waals surface area contributed by atoms with E-state index in [-0.39, 0.29) is 5.69 Å². The van der Waals surface area contributed by atoms with Gasteiger partial charge in [0.2, 0.25) is 0 Å². The Morgan fingerprint density at radius 1 is 1.56 bits per heavy atom. The fraction of sp³-hybridized carbons (Fsp3) is 0.364. The summed E-state index contributed by atoms with van der Waals surface area (Å²) in [6, 6.07) is 1.74. The van der Waals surface area contributed by atoms with Crippen molar-refractivity contribution in [3.63, 3.8) is 0 Å². The normalized spacial score (nSPS) is 10.8. The van der Waals surface area contributed by atoms with Crippen molar-refractivity contribution in [1.82, 2.24) is 14.6 Å². The molecule has 0 bridgehead atoms. The SMILES string of the molecule is CCOC(=O)c1cnc2c(SCC)cc(Cl)nn12. The first-order valence-corrected chi connectivity index (χ1v) is 6.88. The Bertz CT molecular complexity index is 585. The number of thioether (sulfide) groups is 1. The first kappa shape index (κ1) is 13.2. The van der Waals surface area contributed by atoms with E-state index in [1.807, 2.05) is 6.92 Å². The molecule has 0 radical (unpaired) electrons. The number of esters is 1. The molecule has 0 aliphatic rings. The number of hydrogen-bond acceptors (Lipinski definition) is 5. The maximum absolute atomic E-state index is 11.7. The van der Waals surface area contributed by atoms with Gasteiger partial charge in [-0.3, -0.25) is 0 Å². The lowest BCUT2D eigenvalue weighted by Gasteiger charge is -2.04. The molecule has 0 amide bonds. The number of carbonyl (C=O) groups is 1. The molecule has 0 spiro atoms. The predicted molar refractivity (Wildman–Crippen MR) is 70.4 cm³/mol. The molecule has 2 aromatic heterocycles. The third-order valence-corrected chi connectivity index (χ3v) is 3.27. The zero-order valence-electron chi connectivity index (χ0n) is 10.0. The second-order valence-electron chi connectivity index (χ2n) is 3.36. The van der Waals surface area contributed by atoms with Crippen LogP contribution in [0.15, 0.2) is 17.2 Å². The number of fused-ring (bicyclic) bond motifs is 1. The first-order valence-electron chi connectivity index (χ1n) is 5.51. The van der Waals surface area contributed by atoms with Gasteiger partial charge < -0.3 is 4.74 Å². The van der Waals surface area contributed by atoms with Crippen LogP contribution in [0.25, 0.3) is 5.65 Å². The Morgan fingerprint density at radius 3 is 3.00 bits per heavy atom. The van der Waals surface area contributed by atoms with Crippen LogP contribution >= 0.6 is 23.4 Å². The van der Waals surface area contributed by atoms with E-state index in [0.717, 1.165) is 10.6 Å². The van der Waals surface area contributed by atoms with E-state index in [1.165, 1.54) is 10.7 Å². The molecule has 0 aliphatic carbocycles. The molecule has 2 aromatic rings. The van der Waals surface area contributed by atoms with Gasteiger partial charge in [0.1, 0.15) is 0 Å². The second-order valence-corrected chi connectivity index (χ2v) is 5.06. The molecule has 0 saturated carbocycles. The lowest BCUT2D eigenvalue weighted by molar-refractivity contribution is 0.0516. The van der Waals surface area contributed by atoms with Crippen molar-refractivity contribution in [2.75, 3.05) is 12.4 Å². The lowest BCUT2D eigenvalue weighted by atomic mass is 10.5. The maximum atomic E-state index is 11.7. The summed E-state index contributed by atoms with van der Waals surface area (Å²) in [4.78, 5) is 16.8. The van der Waals surface area contributed by atoms with Crippen molar-refractivity contribution < 1.29 is 9.53 Å². The van der Waals surface area contributed by atoms with Gasteiger partial charge in [-0.05, 0) is 18.7 Å². The Labute approximate surface area is 113 Å². The summed E-state index contributed by atoms with van der Waals surface area (Å²) in [5.74, 6) is 0.435. The van der Waals surface area contributed by atoms with Crippen LogP contribution in [-0.4, -0.2) is 32.9 Å². The summed E-state index contributed by atoms with van der Waals surface area (Å²) in [7, 11) is 0. The quantitative estimate of drug-likeness (QED) is 0.638. The van der Waals surface area contributed by atoms with Crippen LogP contribution in [0, 0.1) is 0 Å². The van der Waals surface area contributed by atoms with E-state index >= 15 is 0 Å². The van der Waals surface area contributed by atoms with Crippen LogP contribution in [0.5, 0.6) is 0 Å². The number of ether oxygens (including phenoxy) is 1. The van der Waals surface area contributed by atoms with Crippen LogP contribution in [-0.2, 0) is 4.74 Å². The van der Waals surface area contributed by atoms with Crippen molar-refractivity contribution in [2.45, 2.75) is 18.7 Å². The van der Waals surface area contributed by atoms with Gasteiger partial charge >= 0.3 is 5.97 Å². The highest BCUT2D eigenvalue weighted by Gasteiger charge is 2.17. The number of carbonyl (C=O) groups excluding carboxylic acids is 1. The Hall–Kier alpha value is -1.27. The zero-order chi connectivity index (χ0) is 13.1. The largest absolute Gasteiger partial charge is 0.461 e. The fourth-order valence-corrected chi connectivity index (χ4v) is 2.54. The van der Waals surface area contributed by atoms with Crippen molar-refractivity contribution >= 4 is 35.0 Å². The van der Waals surface area contributed by atoms with Gasteiger partial charge in [0.25, 0.3) is 0 Å². The highest BCUT2D eigenvalue weighted by molar-refractivity contribution is 7.99. The second kappa shape index (κ2) is 5.58. The van der Waals surface area contributed by atoms with Gasteiger partial charge in [-0.1, -0.05) is 18.5 Å². The number of hydrogen-bond donors (Lipinski definition) is 0. The van der Waals surface area contributed by atoms with Crippen molar-refractivity contribution in [3.8, 4) is 0 Å². The molecule has 0 atom stereocenters. The molecule has 2 rings (SSSR count). The number of halogens is 1. The third kappa shape index (κ3) is 2.44. The molecule has 0 N–H and O–H groups in total. The van der Waals surface area contributed by atoms with Gasteiger partial charge in [0, 0.05) is 0 Å². The maximum Gasteiger partial charge on any atom is 0.358 e. The van der Waals surface area contributed by atoms with Gasteiger partial charge in [-0.2, -0.15) is 5.10 Å². The minimum atomic E-state index is -0.452. The molecular weight excluding hydrogens is 274 g/mol. The van der Waals surface area contributed by atoms with Crippen molar-refractivity contribution in [1.29, 1.82) is 0 Å². The van der Waals surface area contributed by atoms with Crippen molar-refractivity contribution in [3.05, 3.63) is 23.1 Å². The summed E-state index contributed by atoms with van der Waals surface area (Å²) in [5, 5.41) is 4.41. The average molecular weight is 286 g/mol. The highest BCUT2D eigenvalue weighted by Crippen LogP contribution is 2.25.